The van der Waals surface area contributed by atoms with Crippen LogP contribution in [0.15, 0.2) is 55.7 Å². The SMILES string of the molecule is C1=CCc2ccccc2C=C1.C=C. The van der Waals surface area contributed by atoms with E-state index in [-0.39, 0.29) is 0 Å². The molecular weight excluding hydrogens is 156 g/mol. The molecule has 1 aromatic carbocycles. The maximum atomic E-state index is 3.00. The number of benzene rings is 1. The normalized spacial score (nSPS) is 12.3. The molecular formula is C13H14. The van der Waals surface area contributed by atoms with Gasteiger partial charge < -0.3 is 0 Å². The summed E-state index contributed by atoms with van der Waals surface area (Å²) in [4.78, 5) is 0. The van der Waals surface area contributed by atoms with Crippen LogP contribution in [-0.2, 0) is 6.42 Å². The molecule has 0 N–H and O–H groups in total. The van der Waals surface area contributed by atoms with E-state index in [4.69, 9.17) is 0 Å². The minimum Gasteiger partial charge on any atom is -0.106 e. The zero-order chi connectivity index (χ0) is 9.52. The lowest BCUT2D eigenvalue weighted by atomic mass is 10.1. The van der Waals surface area contributed by atoms with Gasteiger partial charge in [-0.15, -0.1) is 13.2 Å². The Bertz CT molecular complexity index is 319. The van der Waals surface area contributed by atoms with Gasteiger partial charge in [-0.2, -0.15) is 0 Å². The molecule has 0 aromatic heterocycles. The van der Waals surface area contributed by atoms with E-state index in [1.165, 1.54) is 11.1 Å². The lowest BCUT2D eigenvalue weighted by Gasteiger charge is -1.99. The first-order valence-corrected chi connectivity index (χ1v) is 4.38. The summed E-state index contributed by atoms with van der Waals surface area (Å²) in [7, 11) is 0. The van der Waals surface area contributed by atoms with Gasteiger partial charge in [0.15, 0.2) is 0 Å². The number of fused-ring (bicyclic) bond motifs is 1. The van der Waals surface area contributed by atoms with Gasteiger partial charge in [0, 0.05) is 0 Å². The molecule has 2 rings (SSSR count). The summed E-state index contributed by atoms with van der Waals surface area (Å²) in [6.45, 7) is 6.00. The Kier molecular flexibility index (Phi) is 3.77. The van der Waals surface area contributed by atoms with E-state index < -0.39 is 0 Å². The van der Waals surface area contributed by atoms with E-state index >= 15 is 0 Å². The summed E-state index contributed by atoms with van der Waals surface area (Å²) in [5.74, 6) is 0. The molecule has 0 amide bonds. The first kappa shape index (κ1) is 9.53. The molecule has 0 radical (unpaired) electrons. The second-order valence-corrected chi connectivity index (χ2v) is 2.69. The van der Waals surface area contributed by atoms with Gasteiger partial charge in [-0.1, -0.05) is 48.6 Å². The first-order chi connectivity index (χ1) is 6.47. The molecule has 0 nitrogen and oxygen atoms in total. The third-order valence-electron chi connectivity index (χ3n) is 1.92. The van der Waals surface area contributed by atoms with Crippen LogP contribution < -0.4 is 0 Å². The van der Waals surface area contributed by atoms with E-state index in [2.05, 4.69) is 61.7 Å². The summed E-state index contributed by atoms with van der Waals surface area (Å²) in [6, 6.07) is 8.49. The van der Waals surface area contributed by atoms with E-state index in [1.807, 2.05) is 0 Å². The van der Waals surface area contributed by atoms with Crippen LogP contribution in [0.4, 0.5) is 0 Å². The highest BCUT2D eigenvalue weighted by atomic mass is 14.0. The van der Waals surface area contributed by atoms with Gasteiger partial charge in [-0.25, -0.2) is 0 Å². The standard InChI is InChI=1S/C11H10.C2H4/c1-2-6-10-8-4-5-9-11(10)7-3-1;1-2/h1-6,8-9H,7H2;1-2H2. The molecule has 0 fully saturated rings. The molecule has 66 valence electrons. The van der Waals surface area contributed by atoms with Crippen LogP contribution in [0.25, 0.3) is 6.08 Å². The average molecular weight is 170 g/mol. The topological polar surface area (TPSA) is 0 Å². The fourth-order valence-electron chi connectivity index (χ4n) is 1.32. The number of hydrogen-bond acceptors (Lipinski definition) is 0. The Labute approximate surface area is 79.9 Å². The van der Waals surface area contributed by atoms with Crippen molar-refractivity contribution < 1.29 is 0 Å². The smallest absolute Gasteiger partial charge is 0.00884 e. The van der Waals surface area contributed by atoms with Gasteiger partial charge in [-0.05, 0) is 17.5 Å². The molecule has 0 unspecified atom stereocenters. The van der Waals surface area contributed by atoms with Crippen molar-refractivity contribution in [2.45, 2.75) is 6.42 Å². The Morgan fingerprint density at radius 1 is 1.00 bits per heavy atom. The monoisotopic (exact) mass is 170 g/mol. The Morgan fingerprint density at radius 2 is 1.77 bits per heavy atom. The number of hydrogen-bond donors (Lipinski definition) is 0. The van der Waals surface area contributed by atoms with E-state index in [0.717, 1.165) is 6.42 Å². The summed E-state index contributed by atoms with van der Waals surface area (Å²) in [5, 5.41) is 0. The van der Waals surface area contributed by atoms with Gasteiger partial charge in [0.1, 0.15) is 0 Å². The van der Waals surface area contributed by atoms with Gasteiger partial charge in [0.2, 0.25) is 0 Å². The average Bonchev–Trinajstić information content (AvgIpc) is 2.45. The van der Waals surface area contributed by atoms with E-state index in [9.17, 15) is 0 Å². The Hall–Kier alpha value is -1.56. The third kappa shape index (κ3) is 2.45. The van der Waals surface area contributed by atoms with Gasteiger partial charge in [0.05, 0.1) is 0 Å². The second-order valence-electron chi connectivity index (χ2n) is 2.69. The van der Waals surface area contributed by atoms with Crippen LogP contribution in [0.3, 0.4) is 0 Å². The van der Waals surface area contributed by atoms with E-state index in [1.54, 1.807) is 0 Å². The van der Waals surface area contributed by atoms with Crippen molar-refractivity contribution in [1.29, 1.82) is 0 Å². The highest BCUT2D eigenvalue weighted by Crippen LogP contribution is 2.14. The van der Waals surface area contributed by atoms with E-state index in [0.29, 0.717) is 0 Å². The summed E-state index contributed by atoms with van der Waals surface area (Å²) < 4.78 is 0. The van der Waals surface area contributed by atoms with Crippen LogP contribution in [0.2, 0.25) is 0 Å². The van der Waals surface area contributed by atoms with Crippen molar-refractivity contribution in [3.8, 4) is 0 Å². The molecule has 0 saturated heterocycles. The number of rotatable bonds is 0. The molecule has 0 atom stereocenters. The predicted molar refractivity (Wildman–Crippen MR) is 59.6 cm³/mol. The summed E-state index contributed by atoms with van der Waals surface area (Å²) in [6.07, 6.45) is 9.58. The van der Waals surface area contributed by atoms with Crippen molar-refractivity contribution in [3.63, 3.8) is 0 Å². The first-order valence-electron chi connectivity index (χ1n) is 4.38. The van der Waals surface area contributed by atoms with Crippen LogP contribution in [0.5, 0.6) is 0 Å². The maximum absolute atomic E-state index is 3.00. The molecule has 1 aliphatic carbocycles. The molecule has 0 bridgehead atoms. The minimum atomic E-state index is 1.06. The molecule has 0 heteroatoms. The minimum absolute atomic E-state index is 1.06. The number of allylic oxidation sites excluding steroid dienone is 3. The van der Waals surface area contributed by atoms with Gasteiger partial charge in [-0.3, -0.25) is 0 Å². The zero-order valence-electron chi connectivity index (χ0n) is 7.74. The third-order valence-corrected chi connectivity index (χ3v) is 1.92. The Balaban J connectivity index is 0.000000396. The van der Waals surface area contributed by atoms with Crippen LogP contribution >= 0.6 is 0 Å². The van der Waals surface area contributed by atoms with Crippen molar-refractivity contribution in [3.05, 3.63) is 66.8 Å². The molecule has 0 spiro atoms. The maximum Gasteiger partial charge on any atom is -0.00884 e. The lowest BCUT2D eigenvalue weighted by molar-refractivity contribution is 1.27. The quantitative estimate of drug-likeness (QED) is 0.522. The zero-order valence-corrected chi connectivity index (χ0v) is 7.74. The van der Waals surface area contributed by atoms with Crippen molar-refractivity contribution in [2.24, 2.45) is 0 Å². The van der Waals surface area contributed by atoms with Crippen LogP contribution in [-0.4, -0.2) is 0 Å². The van der Waals surface area contributed by atoms with Gasteiger partial charge in [0.25, 0.3) is 0 Å². The Morgan fingerprint density at radius 3 is 2.62 bits per heavy atom. The summed E-state index contributed by atoms with van der Waals surface area (Å²) >= 11 is 0. The molecule has 1 aliphatic rings. The molecule has 0 saturated carbocycles. The van der Waals surface area contributed by atoms with Crippen LogP contribution in [0.1, 0.15) is 11.1 Å². The fourth-order valence-corrected chi connectivity index (χ4v) is 1.32. The lowest BCUT2D eigenvalue weighted by Crippen LogP contribution is -1.83. The molecule has 0 aliphatic heterocycles. The predicted octanol–water partition coefficient (Wildman–Crippen LogP) is 3.61. The molecule has 1 aromatic rings. The van der Waals surface area contributed by atoms with Gasteiger partial charge >= 0.3 is 0 Å². The highest BCUT2D eigenvalue weighted by Gasteiger charge is 1.96. The fraction of sp³-hybridized carbons (Fsp3) is 0.0769. The van der Waals surface area contributed by atoms with Crippen LogP contribution in [0, 0.1) is 0 Å². The molecule has 0 heterocycles. The second kappa shape index (κ2) is 5.15. The summed E-state index contributed by atoms with van der Waals surface area (Å²) in [5.41, 5.74) is 2.76. The van der Waals surface area contributed by atoms with Crippen molar-refractivity contribution in [2.75, 3.05) is 0 Å². The largest absolute Gasteiger partial charge is 0.106 e. The highest BCUT2D eigenvalue weighted by molar-refractivity contribution is 5.57. The van der Waals surface area contributed by atoms with Crippen molar-refractivity contribution >= 4 is 6.08 Å². The van der Waals surface area contributed by atoms with Crippen molar-refractivity contribution in [1.82, 2.24) is 0 Å². The molecule has 13 heavy (non-hydrogen) atoms.